The molecule has 0 saturated heterocycles. The fourth-order valence-corrected chi connectivity index (χ4v) is 2.63. The van der Waals surface area contributed by atoms with Gasteiger partial charge in [-0.15, -0.1) is 0 Å². The minimum atomic E-state index is -0.385. The molecule has 2 amide bonds. The molecular formula is C18H18N2O4S. The van der Waals surface area contributed by atoms with Crippen molar-refractivity contribution in [1.29, 1.82) is 0 Å². The molecule has 0 aliphatic heterocycles. The van der Waals surface area contributed by atoms with E-state index in [1.165, 1.54) is 7.11 Å². The van der Waals surface area contributed by atoms with Crippen molar-refractivity contribution in [2.75, 3.05) is 24.7 Å². The van der Waals surface area contributed by atoms with Crippen molar-refractivity contribution in [2.45, 2.75) is 0 Å². The van der Waals surface area contributed by atoms with Crippen molar-refractivity contribution in [3.63, 3.8) is 0 Å². The van der Waals surface area contributed by atoms with Gasteiger partial charge in [-0.05, 0) is 12.1 Å². The summed E-state index contributed by atoms with van der Waals surface area (Å²) in [6.07, 6.45) is 0. The molecule has 0 fully saturated rings. The van der Waals surface area contributed by atoms with Crippen LogP contribution in [0.5, 0.6) is 5.75 Å². The summed E-state index contributed by atoms with van der Waals surface area (Å²) in [5.74, 6) is -0.275. The third-order valence-corrected chi connectivity index (χ3v) is 4.08. The van der Waals surface area contributed by atoms with E-state index in [1.54, 1.807) is 48.5 Å². The van der Waals surface area contributed by atoms with Gasteiger partial charge in [-0.2, -0.15) is 0 Å². The minimum absolute atomic E-state index is 0.0460. The fourth-order valence-electron chi connectivity index (χ4n) is 1.96. The molecule has 0 saturated carbocycles. The highest BCUT2D eigenvalue weighted by Gasteiger charge is 2.11. The second-order valence-corrected chi connectivity index (χ2v) is 5.92. The molecule has 0 radical (unpaired) electrons. The topological polar surface area (TPSA) is 84.5 Å². The molecular weight excluding hydrogens is 340 g/mol. The molecule has 0 unspecified atom stereocenters. The summed E-state index contributed by atoms with van der Waals surface area (Å²) in [5, 5.41) is 4.95. The number of anilines is 1. The van der Waals surface area contributed by atoms with Crippen molar-refractivity contribution in [2.24, 2.45) is 0 Å². The molecule has 0 aliphatic rings. The van der Waals surface area contributed by atoms with Crippen molar-refractivity contribution in [3.8, 4) is 5.75 Å². The lowest BCUT2D eigenvalue weighted by Crippen LogP contribution is -2.34. The lowest BCUT2D eigenvalue weighted by atomic mass is 10.2. The SMILES string of the molecule is COc1ccccc1NC(=O)CNC(=O)CSC(=O)c1ccccc1. The number of thioether (sulfide) groups is 1. The van der Waals surface area contributed by atoms with Crippen molar-refractivity contribution in [3.05, 3.63) is 60.2 Å². The Labute approximate surface area is 149 Å². The Morgan fingerprint density at radius 3 is 2.36 bits per heavy atom. The van der Waals surface area contributed by atoms with E-state index < -0.39 is 0 Å². The number of carbonyl (C=O) groups excluding carboxylic acids is 3. The molecule has 2 rings (SSSR count). The normalized spacial score (nSPS) is 9.96. The third-order valence-electron chi connectivity index (χ3n) is 3.17. The smallest absolute Gasteiger partial charge is 0.243 e. The van der Waals surface area contributed by atoms with Crippen LogP contribution < -0.4 is 15.4 Å². The molecule has 7 heteroatoms. The first-order valence-electron chi connectivity index (χ1n) is 7.52. The molecule has 0 aliphatic carbocycles. The average molecular weight is 358 g/mol. The maximum absolute atomic E-state index is 11.9. The van der Waals surface area contributed by atoms with Gasteiger partial charge in [0.2, 0.25) is 16.9 Å². The van der Waals surface area contributed by atoms with E-state index in [2.05, 4.69) is 10.6 Å². The van der Waals surface area contributed by atoms with Crippen molar-refractivity contribution >= 4 is 34.4 Å². The van der Waals surface area contributed by atoms with Crippen LogP contribution in [0, 0.1) is 0 Å². The molecule has 2 aromatic carbocycles. The van der Waals surface area contributed by atoms with E-state index in [1.807, 2.05) is 6.07 Å². The van der Waals surface area contributed by atoms with Crippen LogP contribution in [0.15, 0.2) is 54.6 Å². The van der Waals surface area contributed by atoms with Gasteiger partial charge in [-0.1, -0.05) is 54.2 Å². The third kappa shape index (κ3) is 5.96. The number of carbonyl (C=O) groups is 3. The number of methoxy groups -OCH3 is 1. The van der Waals surface area contributed by atoms with Gasteiger partial charge in [0.15, 0.2) is 0 Å². The predicted molar refractivity (Wildman–Crippen MR) is 97.9 cm³/mol. The summed E-state index contributed by atoms with van der Waals surface area (Å²) < 4.78 is 5.14. The summed E-state index contributed by atoms with van der Waals surface area (Å²) in [6.45, 7) is -0.184. The quantitative estimate of drug-likeness (QED) is 0.793. The first-order chi connectivity index (χ1) is 12.1. The first kappa shape index (κ1) is 18.5. The Hall–Kier alpha value is -2.80. The highest BCUT2D eigenvalue weighted by atomic mass is 32.2. The molecule has 0 spiro atoms. The summed E-state index contributed by atoms with van der Waals surface area (Å²) in [5.41, 5.74) is 1.06. The monoisotopic (exact) mass is 358 g/mol. The Morgan fingerprint density at radius 2 is 1.64 bits per heavy atom. The summed E-state index contributed by atoms with van der Waals surface area (Å²) >= 11 is 0.897. The second-order valence-electron chi connectivity index (χ2n) is 4.97. The van der Waals surface area contributed by atoms with Crippen LogP contribution in [0.4, 0.5) is 5.69 Å². The number of hydrogen-bond donors (Lipinski definition) is 2. The molecule has 130 valence electrons. The van der Waals surface area contributed by atoms with E-state index >= 15 is 0 Å². The van der Waals surface area contributed by atoms with Gasteiger partial charge < -0.3 is 15.4 Å². The van der Waals surface area contributed by atoms with Crippen LogP contribution in [-0.4, -0.2) is 36.3 Å². The van der Waals surface area contributed by atoms with E-state index in [0.717, 1.165) is 11.8 Å². The molecule has 25 heavy (non-hydrogen) atoms. The Balaban J connectivity index is 1.74. The standard InChI is InChI=1S/C18H18N2O4S/c1-24-15-10-6-5-9-14(15)20-16(21)11-19-17(22)12-25-18(23)13-7-3-2-4-8-13/h2-10H,11-12H2,1H3,(H,19,22)(H,20,21). The summed E-state index contributed by atoms with van der Waals surface area (Å²) in [6, 6.07) is 15.7. The Kier molecular flexibility index (Phi) is 7.03. The summed E-state index contributed by atoms with van der Waals surface area (Å²) in [4.78, 5) is 35.5. The predicted octanol–water partition coefficient (Wildman–Crippen LogP) is 2.32. The van der Waals surface area contributed by atoms with Crippen LogP contribution in [-0.2, 0) is 9.59 Å². The van der Waals surface area contributed by atoms with Gasteiger partial charge >= 0.3 is 0 Å². The molecule has 2 N–H and O–H groups in total. The molecule has 0 aromatic heterocycles. The maximum Gasteiger partial charge on any atom is 0.243 e. The largest absolute Gasteiger partial charge is 0.495 e. The highest BCUT2D eigenvalue weighted by molar-refractivity contribution is 8.14. The van der Waals surface area contributed by atoms with E-state index in [-0.39, 0.29) is 29.2 Å². The lowest BCUT2D eigenvalue weighted by Gasteiger charge is -2.10. The molecule has 0 heterocycles. The zero-order valence-corrected chi connectivity index (χ0v) is 14.5. The van der Waals surface area contributed by atoms with Gasteiger partial charge in [-0.25, -0.2) is 0 Å². The zero-order valence-electron chi connectivity index (χ0n) is 13.7. The van der Waals surface area contributed by atoms with Crippen LogP contribution in [0.3, 0.4) is 0 Å². The van der Waals surface area contributed by atoms with E-state index in [4.69, 9.17) is 4.74 Å². The van der Waals surface area contributed by atoms with Crippen LogP contribution in [0.1, 0.15) is 10.4 Å². The fraction of sp³-hybridized carbons (Fsp3) is 0.167. The molecule has 0 atom stereocenters. The van der Waals surface area contributed by atoms with Gasteiger partial charge in [0.25, 0.3) is 0 Å². The van der Waals surface area contributed by atoms with Crippen molar-refractivity contribution in [1.82, 2.24) is 5.32 Å². The lowest BCUT2D eigenvalue weighted by molar-refractivity contribution is -0.122. The van der Waals surface area contributed by atoms with Gasteiger partial charge in [-0.3, -0.25) is 14.4 Å². The number of rotatable bonds is 7. The molecule has 6 nitrogen and oxygen atoms in total. The number of benzene rings is 2. The number of nitrogens with one attached hydrogen (secondary N) is 2. The summed E-state index contributed by atoms with van der Waals surface area (Å²) in [7, 11) is 1.51. The highest BCUT2D eigenvalue weighted by Crippen LogP contribution is 2.22. The van der Waals surface area contributed by atoms with Crippen LogP contribution in [0.25, 0.3) is 0 Å². The van der Waals surface area contributed by atoms with E-state index in [9.17, 15) is 14.4 Å². The maximum atomic E-state index is 11.9. The van der Waals surface area contributed by atoms with Crippen LogP contribution >= 0.6 is 11.8 Å². The van der Waals surface area contributed by atoms with Gasteiger partial charge in [0.05, 0.1) is 25.1 Å². The number of amides is 2. The number of ether oxygens (including phenoxy) is 1. The van der Waals surface area contributed by atoms with Crippen LogP contribution in [0.2, 0.25) is 0 Å². The average Bonchev–Trinajstić information content (AvgIpc) is 2.65. The number of para-hydroxylation sites is 2. The Bertz CT molecular complexity index is 750. The minimum Gasteiger partial charge on any atom is -0.495 e. The van der Waals surface area contributed by atoms with Gasteiger partial charge in [0, 0.05) is 5.56 Å². The molecule has 0 bridgehead atoms. The zero-order chi connectivity index (χ0) is 18.1. The molecule has 2 aromatic rings. The Morgan fingerprint density at radius 1 is 0.960 bits per heavy atom. The first-order valence-corrected chi connectivity index (χ1v) is 8.50. The van der Waals surface area contributed by atoms with Gasteiger partial charge in [0.1, 0.15) is 5.75 Å². The number of hydrogen-bond acceptors (Lipinski definition) is 5. The second kappa shape index (κ2) is 9.48. The van der Waals surface area contributed by atoms with Crippen molar-refractivity contribution < 1.29 is 19.1 Å². The van der Waals surface area contributed by atoms with E-state index in [0.29, 0.717) is 17.0 Å².